The van der Waals surface area contributed by atoms with E-state index >= 15 is 0 Å². The highest BCUT2D eigenvalue weighted by Gasteiger charge is 2.30. The Morgan fingerprint density at radius 3 is 2.69 bits per heavy atom. The van der Waals surface area contributed by atoms with Crippen molar-refractivity contribution in [3.63, 3.8) is 0 Å². The lowest BCUT2D eigenvalue weighted by atomic mass is 9.99. The summed E-state index contributed by atoms with van der Waals surface area (Å²) in [7, 11) is 0. The average Bonchev–Trinajstić information content (AvgIpc) is 3.50. The first-order chi connectivity index (χ1) is 13.8. The van der Waals surface area contributed by atoms with E-state index in [4.69, 9.17) is 16.0 Å². The predicted molar refractivity (Wildman–Crippen MR) is 112 cm³/mol. The average molecular weight is 413 g/mol. The highest BCUT2D eigenvalue weighted by molar-refractivity contribution is 6.29. The molecular formula is C22H21ClN2O4. The highest BCUT2D eigenvalue weighted by Crippen LogP contribution is 2.42. The molecule has 4 rings (SSSR count). The SMILES string of the molecule is Cc1cc([C@@H](C)Nc2ccc(Cl)nc2C(=O)O)c2oc(C3CC3)c(C)c(=O)c2c1. The van der Waals surface area contributed by atoms with Crippen molar-refractivity contribution in [2.24, 2.45) is 0 Å². The molecule has 7 heteroatoms. The van der Waals surface area contributed by atoms with Gasteiger partial charge >= 0.3 is 5.97 Å². The van der Waals surface area contributed by atoms with Crippen LogP contribution in [0.2, 0.25) is 5.15 Å². The van der Waals surface area contributed by atoms with Crippen molar-refractivity contribution < 1.29 is 14.3 Å². The highest BCUT2D eigenvalue weighted by atomic mass is 35.5. The number of nitrogens with zero attached hydrogens (tertiary/aromatic N) is 1. The molecule has 6 nitrogen and oxygen atoms in total. The molecule has 150 valence electrons. The molecule has 0 radical (unpaired) electrons. The van der Waals surface area contributed by atoms with Crippen molar-refractivity contribution in [3.05, 3.63) is 67.8 Å². The zero-order chi connectivity index (χ0) is 20.9. The first-order valence-electron chi connectivity index (χ1n) is 9.50. The number of halogens is 1. The van der Waals surface area contributed by atoms with Gasteiger partial charge in [-0.1, -0.05) is 17.7 Å². The topological polar surface area (TPSA) is 92.4 Å². The number of aryl methyl sites for hydroxylation is 1. The summed E-state index contributed by atoms with van der Waals surface area (Å²) in [6, 6.07) is 6.60. The molecule has 1 aliphatic rings. The molecule has 1 aliphatic carbocycles. The van der Waals surface area contributed by atoms with E-state index in [2.05, 4.69) is 10.3 Å². The fourth-order valence-electron chi connectivity index (χ4n) is 3.67. The third kappa shape index (κ3) is 3.60. The maximum Gasteiger partial charge on any atom is 0.356 e. The van der Waals surface area contributed by atoms with Gasteiger partial charge in [0, 0.05) is 17.0 Å². The minimum absolute atomic E-state index is 0.00955. The van der Waals surface area contributed by atoms with Crippen LogP contribution in [-0.2, 0) is 0 Å². The minimum Gasteiger partial charge on any atom is -0.476 e. The molecular weight excluding hydrogens is 392 g/mol. The second kappa shape index (κ2) is 7.19. The fraction of sp³-hybridized carbons (Fsp3) is 0.318. The van der Waals surface area contributed by atoms with Crippen molar-refractivity contribution in [3.8, 4) is 0 Å². The van der Waals surface area contributed by atoms with Crippen LogP contribution in [0.5, 0.6) is 0 Å². The van der Waals surface area contributed by atoms with Gasteiger partial charge in [0.15, 0.2) is 11.1 Å². The zero-order valence-electron chi connectivity index (χ0n) is 16.4. The largest absolute Gasteiger partial charge is 0.476 e. The number of carbonyl (C=O) groups is 1. The fourth-order valence-corrected chi connectivity index (χ4v) is 3.81. The number of anilines is 1. The molecule has 1 aromatic carbocycles. The van der Waals surface area contributed by atoms with E-state index in [1.165, 1.54) is 6.07 Å². The number of carboxylic acid groups (broad SMARTS) is 1. The normalized spacial score (nSPS) is 14.8. The standard InChI is InChI=1S/C22H21ClN2O4/c1-10-8-14(12(3)24-16-6-7-17(23)25-18(16)22(27)28)21-15(9-10)19(26)11(2)20(29-21)13-4-5-13/h6-9,12-13,24H,4-5H2,1-3H3,(H,27,28)/t12-/m1/s1. The van der Waals surface area contributed by atoms with Gasteiger partial charge in [-0.25, -0.2) is 9.78 Å². The molecule has 0 saturated heterocycles. The smallest absolute Gasteiger partial charge is 0.356 e. The van der Waals surface area contributed by atoms with E-state index in [-0.39, 0.29) is 22.3 Å². The number of rotatable bonds is 5. The van der Waals surface area contributed by atoms with Gasteiger partial charge in [-0.3, -0.25) is 4.79 Å². The van der Waals surface area contributed by atoms with Crippen LogP contribution in [0.15, 0.2) is 33.5 Å². The first kappa shape index (κ1) is 19.5. The van der Waals surface area contributed by atoms with Gasteiger partial charge in [0.25, 0.3) is 0 Å². The van der Waals surface area contributed by atoms with Gasteiger partial charge in [-0.2, -0.15) is 0 Å². The Morgan fingerprint density at radius 2 is 2.03 bits per heavy atom. The van der Waals surface area contributed by atoms with Crippen LogP contribution in [0.25, 0.3) is 11.0 Å². The monoisotopic (exact) mass is 412 g/mol. The Morgan fingerprint density at radius 1 is 1.31 bits per heavy atom. The number of aromatic carboxylic acids is 1. The van der Waals surface area contributed by atoms with Crippen LogP contribution >= 0.6 is 11.6 Å². The maximum absolute atomic E-state index is 13.0. The third-order valence-electron chi connectivity index (χ3n) is 5.28. The van der Waals surface area contributed by atoms with E-state index in [1.54, 1.807) is 6.07 Å². The molecule has 1 saturated carbocycles. The number of hydrogen-bond donors (Lipinski definition) is 2. The lowest BCUT2D eigenvalue weighted by Gasteiger charge is -2.19. The van der Waals surface area contributed by atoms with Crippen molar-refractivity contribution >= 4 is 34.2 Å². The van der Waals surface area contributed by atoms with Gasteiger partial charge in [0.2, 0.25) is 0 Å². The molecule has 0 aliphatic heterocycles. The summed E-state index contributed by atoms with van der Waals surface area (Å²) in [6.07, 6.45) is 2.06. The summed E-state index contributed by atoms with van der Waals surface area (Å²) in [5.74, 6) is -0.0998. The van der Waals surface area contributed by atoms with E-state index in [9.17, 15) is 14.7 Å². The Kier molecular flexibility index (Phi) is 4.82. The molecule has 0 bridgehead atoms. The van der Waals surface area contributed by atoms with Crippen molar-refractivity contribution in [2.45, 2.75) is 45.6 Å². The van der Waals surface area contributed by atoms with Gasteiger partial charge < -0.3 is 14.8 Å². The van der Waals surface area contributed by atoms with E-state index in [0.29, 0.717) is 28.1 Å². The molecule has 1 fully saturated rings. The Bertz CT molecular complexity index is 1200. The number of hydrogen-bond acceptors (Lipinski definition) is 5. The van der Waals surface area contributed by atoms with E-state index in [0.717, 1.165) is 29.7 Å². The van der Waals surface area contributed by atoms with E-state index < -0.39 is 5.97 Å². The predicted octanol–water partition coefficient (Wildman–Crippen LogP) is 5.21. The second-order valence-corrected chi connectivity index (χ2v) is 8.01. The zero-order valence-corrected chi connectivity index (χ0v) is 17.1. The summed E-state index contributed by atoms with van der Waals surface area (Å²) in [5.41, 5.74) is 3.13. The summed E-state index contributed by atoms with van der Waals surface area (Å²) in [4.78, 5) is 28.4. The number of nitrogens with one attached hydrogen (secondary N) is 1. The Labute approximate surface area is 172 Å². The molecule has 0 amide bonds. The van der Waals surface area contributed by atoms with Crippen LogP contribution < -0.4 is 10.7 Å². The van der Waals surface area contributed by atoms with Crippen molar-refractivity contribution in [1.29, 1.82) is 0 Å². The molecule has 0 spiro atoms. The molecule has 2 heterocycles. The Balaban J connectivity index is 1.83. The van der Waals surface area contributed by atoms with Gasteiger partial charge in [0.1, 0.15) is 16.5 Å². The summed E-state index contributed by atoms with van der Waals surface area (Å²) >= 11 is 5.85. The lowest BCUT2D eigenvalue weighted by Crippen LogP contribution is -2.15. The Hall–Kier alpha value is -2.86. The van der Waals surface area contributed by atoms with Crippen LogP contribution in [0.3, 0.4) is 0 Å². The molecule has 3 aromatic rings. The number of aromatic nitrogens is 1. The summed E-state index contributed by atoms with van der Waals surface area (Å²) in [6.45, 7) is 5.64. The number of benzene rings is 1. The van der Waals surface area contributed by atoms with Gasteiger partial charge in [-0.15, -0.1) is 0 Å². The number of carboxylic acids is 1. The van der Waals surface area contributed by atoms with Crippen molar-refractivity contribution in [2.75, 3.05) is 5.32 Å². The van der Waals surface area contributed by atoms with Gasteiger partial charge in [0.05, 0.1) is 17.1 Å². The molecule has 1 atom stereocenters. The quantitative estimate of drug-likeness (QED) is 0.559. The van der Waals surface area contributed by atoms with E-state index in [1.807, 2.05) is 32.9 Å². The van der Waals surface area contributed by atoms with Crippen LogP contribution in [0, 0.1) is 13.8 Å². The molecule has 29 heavy (non-hydrogen) atoms. The molecule has 2 aromatic heterocycles. The van der Waals surface area contributed by atoms with Crippen LogP contribution in [0.4, 0.5) is 5.69 Å². The summed E-state index contributed by atoms with van der Waals surface area (Å²) in [5, 5.41) is 13.3. The molecule has 2 N–H and O–H groups in total. The lowest BCUT2D eigenvalue weighted by molar-refractivity contribution is 0.0691. The number of fused-ring (bicyclic) bond motifs is 1. The van der Waals surface area contributed by atoms with Crippen molar-refractivity contribution in [1.82, 2.24) is 4.98 Å². The number of pyridine rings is 1. The summed E-state index contributed by atoms with van der Waals surface area (Å²) < 4.78 is 6.25. The van der Waals surface area contributed by atoms with Gasteiger partial charge in [-0.05, 0) is 57.4 Å². The van der Waals surface area contributed by atoms with Crippen LogP contribution in [-0.4, -0.2) is 16.1 Å². The maximum atomic E-state index is 13.0. The second-order valence-electron chi connectivity index (χ2n) is 7.63. The van der Waals surface area contributed by atoms with Crippen LogP contribution in [0.1, 0.15) is 64.7 Å². The molecule has 0 unspecified atom stereocenters. The third-order valence-corrected chi connectivity index (χ3v) is 5.49. The minimum atomic E-state index is -1.17. The first-order valence-corrected chi connectivity index (χ1v) is 9.88.